The van der Waals surface area contributed by atoms with Crippen LogP contribution in [0, 0.1) is 0 Å². The Kier molecular flexibility index (Phi) is 9.89. The SMILES string of the molecule is COC(=O)c1ccc(CNCC(OCc2ccc(CCc3ccccc3)cc2)c2ccc(Cl)cc2)cc1. The van der Waals surface area contributed by atoms with Gasteiger partial charge in [-0.1, -0.05) is 90.5 Å². The van der Waals surface area contributed by atoms with Gasteiger partial charge in [-0.25, -0.2) is 4.79 Å². The second kappa shape index (κ2) is 13.8. The van der Waals surface area contributed by atoms with Crippen LogP contribution >= 0.6 is 11.6 Å². The molecule has 5 heteroatoms. The van der Waals surface area contributed by atoms with E-state index in [1.165, 1.54) is 18.2 Å². The Balaban J connectivity index is 1.32. The van der Waals surface area contributed by atoms with Gasteiger partial charge in [0.25, 0.3) is 0 Å². The minimum atomic E-state index is -0.333. The monoisotopic (exact) mass is 513 g/mol. The van der Waals surface area contributed by atoms with Crippen LogP contribution in [0.15, 0.2) is 103 Å². The fourth-order valence-corrected chi connectivity index (χ4v) is 4.23. The van der Waals surface area contributed by atoms with E-state index in [0.29, 0.717) is 30.3 Å². The van der Waals surface area contributed by atoms with Crippen molar-refractivity contribution < 1.29 is 14.3 Å². The van der Waals surface area contributed by atoms with Crippen molar-refractivity contribution in [2.45, 2.75) is 32.1 Å². The van der Waals surface area contributed by atoms with Crippen LogP contribution in [-0.2, 0) is 35.5 Å². The van der Waals surface area contributed by atoms with E-state index in [1.54, 1.807) is 12.1 Å². The molecule has 4 aromatic carbocycles. The minimum Gasteiger partial charge on any atom is -0.465 e. The molecule has 1 N–H and O–H groups in total. The molecule has 0 aromatic heterocycles. The molecule has 0 saturated heterocycles. The van der Waals surface area contributed by atoms with E-state index in [-0.39, 0.29) is 12.1 Å². The molecule has 0 heterocycles. The molecule has 0 aliphatic carbocycles. The second-order valence-electron chi connectivity index (χ2n) is 8.97. The first-order chi connectivity index (χ1) is 18.1. The topological polar surface area (TPSA) is 47.6 Å². The van der Waals surface area contributed by atoms with Crippen LogP contribution in [0.3, 0.4) is 0 Å². The van der Waals surface area contributed by atoms with Gasteiger partial charge in [0.05, 0.1) is 25.4 Å². The zero-order valence-corrected chi connectivity index (χ0v) is 21.8. The van der Waals surface area contributed by atoms with Gasteiger partial charge in [-0.2, -0.15) is 0 Å². The fourth-order valence-electron chi connectivity index (χ4n) is 4.11. The van der Waals surface area contributed by atoms with E-state index < -0.39 is 0 Å². The van der Waals surface area contributed by atoms with Crippen LogP contribution in [0.2, 0.25) is 5.02 Å². The normalized spacial score (nSPS) is 11.7. The molecule has 0 fully saturated rings. The maximum atomic E-state index is 11.6. The van der Waals surface area contributed by atoms with Crippen molar-refractivity contribution in [3.63, 3.8) is 0 Å². The fraction of sp³-hybridized carbons (Fsp3) is 0.219. The highest BCUT2D eigenvalue weighted by molar-refractivity contribution is 6.30. The molecule has 37 heavy (non-hydrogen) atoms. The predicted molar refractivity (Wildman–Crippen MR) is 149 cm³/mol. The summed E-state index contributed by atoms with van der Waals surface area (Å²) in [7, 11) is 1.38. The van der Waals surface area contributed by atoms with Crippen LogP contribution in [0.1, 0.15) is 44.3 Å². The molecule has 1 unspecified atom stereocenters. The van der Waals surface area contributed by atoms with E-state index in [0.717, 1.165) is 29.5 Å². The molecule has 0 saturated carbocycles. The first-order valence-electron chi connectivity index (χ1n) is 12.5. The Hall–Kier alpha value is -3.44. The standard InChI is InChI=1S/C32H32ClNO3/c1-36-32(35)29-15-13-26(14-16-29)21-34-22-31(28-17-19-30(33)20-18-28)37-23-27-11-9-25(10-12-27)8-7-24-5-3-2-4-6-24/h2-6,9-20,31,34H,7-8,21-23H2,1H3. The van der Waals surface area contributed by atoms with E-state index in [2.05, 4.69) is 59.9 Å². The van der Waals surface area contributed by atoms with Gasteiger partial charge < -0.3 is 14.8 Å². The minimum absolute atomic E-state index is 0.135. The molecule has 0 bridgehead atoms. The van der Waals surface area contributed by atoms with Gasteiger partial charge in [-0.3, -0.25) is 0 Å². The van der Waals surface area contributed by atoms with Crippen molar-refractivity contribution in [3.05, 3.63) is 142 Å². The number of rotatable bonds is 12. The van der Waals surface area contributed by atoms with Crippen LogP contribution in [0.5, 0.6) is 0 Å². The number of aryl methyl sites for hydroxylation is 2. The number of esters is 1. The Morgan fingerprint density at radius 1 is 0.757 bits per heavy atom. The van der Waals surface area contributed by atoms with Crippen molar-refractivity contribution in [2.24, 2.45) is 0 Å². The molecule has 4 nitrogen and oxygen atoms in total. The highest BCUT2D eigenvalue weighted by atomic mass is 35.5. The summed E-state index contributed by atoms with van der Waals surface area (Å²) in [4.78, 5) is 11.6. The van der Waals surface area contributed by atoms with E-state index in [1.807, 2.05) is 36.4 Å². The lowest BCUT2D eigenvalue weighted by Crippen LogP contribution is -2.23. The third-order valence-electron chi connectivity index (χ3n) is 6.30. The van der Waals surface area contributed by atoms with Gasteiger partial charge in [0, 0.05) is 18.1 Å². The summed E-state index contributed by atoms with van der Waals surface area (Å²) in [6, 6.07) is 34.4. The molecule has 0 aliphatic heterocycles. The lowest BCUT2D eigenvalue weighted by Gasteiger charge is -2.20. The van der Waals surface area contributed by atoms with Crippen LogP contribution in [0.25, 0.3) is 0 Å². The number of methoxy groups -OCH3 is 1. The Morgan fingerprint density at radius 3 is 2.00 bits per heavy atom. The third-order valence-corrected chi connectivity index (χ3v) is 6.55. The summed E-state index contributed by atoms with van der Waals surface area (Å²) in [5, 5.41) is 4.18. The van der Waals surface area contributed by atoms with Crippen LogP contribution in [-0.4, -0.2) is 19.6 Å². The van der Waals surface area contributed by atoms with Crippen molar-refractivity contribution >= 4 is 17.6 Å². The number of hydrogen-bond donors (Lipinski definition) is 1. The lowest BCUT2D eigenvalue weighted by atomic mass is 10.0. The smallest absolute Gasteiger partial charge is 0.337 e. The number of nitrogens with one attached hydrogen (secondary N) is 1. The zero-order valence-electron chi connectivity index (χ0n) is 21.0. The predicted octanol–water partition coefficient (Wildman–Crippen LogP) is 6.96. The molecule has 190 valence electrons. The van der Waals surface area contributed by atoms with Gasteiger partial charge in [0.2, 0.25) is 0 Å². The Labute approximate surface area is 224 Å². The maximum absolute atomic E-state index is 11.6. The Bertz CT molecular complexity index is 1240. The van der Waals surface area contributed by atoms with Gasteiger partial charge in [0.1, 0.15) is 0 Å². The van der Waals surface area contributed by atoms with E-state index >= 15 is 0 Å². The number of benzene rings is 4. The molecule has 0 spiro atoms. The summed E-state index contributed by atoms with van der Waals surface area (Å²) < 4.78 is 11.1. The van der Waals surface area contributed by atoms with Crippen LogP contribution < -0.4 is 5.32 Å². The molecule has 0 radical (unpaired) electrons. The third kappa shape index (κ3) is 8.29. The summed E-state index contributed by atoms with van der Waals surface area (Å²) >= 11 is 6.11. The number of hydrogen-bond acceptors (Lipinski definition) is 4. The first kappa shape index (κ1) is 26.6. The zero-order chi connectivity index (χ0) is 25.9. The van der Waals surface area contributed by atoms with Crippen molar-refractivity contribution in [2.75, 3.05) is 13.7 Å². The average molecular weight is 514 g/mol. The summed E-state index contributed by atoms with van der Waals surface area (Å²) in [6.45, 7) is 1.81. The molecular formula is C32H32ClNO3. The lowest BCUT2D eigenvalue weighted by molar-refractivity contribution is 0.0396. The molecule has 4 rings (SSSR count). The maximum Gasteiger partial charge on any atom is 0.337 e. The molecule has 0 amide bonds. The van der Waals surface area contributed by atoms with Crippen molar-refractivity contribution in [1.82, 2.24) is 5.32 Å². The molecule has 4 aromatic rings. The van der Waals surface area contributed by atoms with Crippen LogP contribution in [0.4, 0.5) is 0 Å². The largest absolute Gasteiger partial charge is 0.465 e. The van der Waals surface area contributed by atoms with Gasteiger partial charge in [-0.05, 0) is 64.9 Å². The van der Waals surface area contributed by atoms with Crippen molar-refractivity contribution in [1.29, 1.82) is 0 Å². The number of ether oxygens (including phenoxy) is 2. The van der Waals surface area contributed by atoms with Gasteiger partial charge in [-0.15, -0.1) is 0 Å². The van der Waals surface area contributed by atoms with Gasteiger partial charge in [0.15, 0.2) is 0 Å². The highest BCUT2D eigenvalue weighted by Crippen LogP contribution is 2.22. The molecular weight excluding hydrogens is 482 g/mol. The Morgan fingerprint density at radius 2 is 1.35 bits per heavy atom. The first-order valence-corrected chi connectivity index (χ1v) is 12.9. The van der Waals surface area contributed by atoms with E-state index in [4.69, 9.17) is 21.1 Å². The van der Waals surface area contributed by atoms with Crippen molar-refractivity contribution in [3.8, 4) is 0 Å². The van der Waals surface area contributed by atoms with E-state index in [9.17, 15) is 4.79 Å². The summed E-state index contributed by atoms with van der Waals surface area (Å²) in [5.41, 5.74) is 6.50. The highest BCUT2D eigenvalue weighted by Gasteiger charge is 2.13. The number of carbonyl (C=O) groups is 1. The number of carbonyl (C=O) groups excluding carboxylic acids is 1. The average Bonchev–Trinajstić information content (AvgIpc) is 2.95. The summed E-state index contributed by atoms with van der Waals surface area (Å²) in [5.74, 6) is -0.333. The number of halogens is 1. The molecule has 1 atom stereocenters. The summed E-state index contributed by atoms with van der Waals surface area (Å²) in [6.07, 6.45) is 1.92. The quantitative estimate of drug-likeness (QED) is 0.208. The van der Waals surface area contributed by atoms with Gasteiger partial charge >= 0.3 is 5.97 Å². The molecule has 0 aliphatic rings. The second-order valence-corrected chi connectivity index (χ2v) is 9.41.